The van der Waals surface area contributed by atoms with Gasteiger partial charge in [-0.3, -0.25) is 4.79 Å². The number of furan rings is 1. The number of rotatable bonds is 7. The summed E-state index contributed by atoms with van der Waals surface area (Å²) in [5, 5.41) is 2.98. The first-order chi connectivity index (χ1) is 9.75. The van der Waals surface area contributed by atoms with Crippen molar-refractivity contribution < 1.29 is 13.9 Å². The third kappa shape index (κ3) is 4.98. The van der Waals surface area contributed by atoms with Gasteiger partial charge in [-0.25, -0.2) is 0 Å². The fraction of sp³-hybridized carbons (Fsp3) is 0.667. The summed E-state index contributed by atoms with van der Waals surface area (Å²) in [4.78, 5) is 11.9. The summed E-state index contributed by atoms with van der Waals surface area (Å²) in [7, 11) is 0. The van der Waals surface area contributed by atoms with E-state index in [4.69, 9.17) is 14.9 Å². The lowest BCUT2D eigenvalue weighted by molar-refractivity contribution is -0.126. The Morgan fingerprint density at radius 3 is 2.90 bits per heavy atom. The van der Waals surface area contributed by atoms with Gasteiger partial charge >= 0.3 is 0 Å². The topological polar surface area (TPSA) is 77.5 Å². The van der Waals surface area contributed by atoms with Crippen LogP contribution in [0.3, 0.4) is 0 Å². The van der Waals surface area contributed by atoms with Crippen molar-refractivity contribution in [3.63, 3.8) is 0 Å². The van der Waals surface area contributed by atoms with Gasteiger partial charge in [0.1, 0.15) is 12.4 Å². The Bertz CT molecular complexity index is 384. The zero-order valence-corrected chi connectivity index (χ0v) is 11.8. The molecule has 0 aromatic carbocycles. The summed E-state index contributed by atoms with van der Waals surface area (Å²) in [6.07, 6.45) is 6.21. The van der Waals surface area contributed by atoms with Gasteiger partial charge in [0.15, 0.2) is 0 Å². The molecular weight excluding hydrogens is 256 g/mol. The highest BCUT2D eigenvalue weighted by atomic mass is 16.5. The molecule has 1 heterocycles. The van der Waals surface area contributed by atoms with Crippen molar-refractivity contribution in [2.45, 2.75) is 44.8 Å². The van der Waals surface area contributed by atoms with Crippen molar-refractivity contribution in [1.29, 1.82) is 0 Å². The van der Waals surface area contributed by atoms with Crippen LogP contribution in [0.5, 0.6) is 0 Å². The standard InChI is InChI=1S/C15H24N2O3/c16-13-6-4-12(5-7-13)15(18)17-8-2-9-19-11-14-3-1-10-20-14/h1,3,10,12-13H,2,4-9,11,16H2,(H,17,18). The minimum atomic E-state index is 0.152. The molecule has 0 unspecified atom stereocenters. The minimum absolute atomic E-state index is 0.152. The highest BCUT2D eigenvalue weighted by Gasteiger charge is 2.23. The zero-order valence-electron chi connectivity index (χ0n) is 11.8. The molecule has 5 heteroatoms. The first-order valence-electron chi connectivity index (χ1n) is 7.39. The van der Waals surface area contributed by atoms with Crippen LogP contribution in [0.15, 0.2) is 22.8 Å². The van der Waals surface area contributed by atoms with Crippen molar-refractivity contribution in [3.8, 4) is 0 Å². The van der Waals surface area contributed by atoms with Crippen LogP contribution in [0.1, 0.15) is 37.9 Å². The van der Waals surface area contributed by atoms with Gasteiger partial charge in [-0.05, 0) is 44.2 Å². The monoisotopic (exact) mass is 280 g/mol. The Balaban J connectivity index is 1.49. The summed E-state index contributed by atoms with van der Waals surface area (Å²) >= 11 is 0. The SMILES string of the molecule is NC1CCC(C(=O)NCCCOCc2ccco2)CC1. The molecule has 1 amide bonds. The maximum absolute atomic E-state index is 11.9. The van der Waals surface area contributed by atoms with Crippen LogP contribution in [-0.2, 0) is 16.1 Å². The molecule has 5 nitrogen and oxygen atoms in total. The van der Waals surface area contributed by atoms with Crippen LogP contribution in [-0.4, -0.2) is 25.1 Å². The van der Waals surface area contributed by atoms with Crippen LogP contribution in [0.25, 0.3) is 0 Å². The number of hydrogen-bond donors (Lipinski definition) is 2. The molecule has 2 rings (SSSR count). The molecule has 0 atom stereocenters. The van der Waals surface area contributed by atoms with Crippen LogP contribution in [0.2, 0.25) is 0 Å². The van der Waals surface area contributed by atoms with E-state index >= 15 is 0 Å². The van der Waals surface area contributed by atoms with Crippen LogP contribution in [0, 0.1) is 5.92 Å². The van der Waals surface area contributed by atoms with Gasteiger partial charge in [0.25, 0.3) is 0 Å². The molecule has 0 bridgehead atoms. The lowest BCUT2D eigenvalue weighted by Gasteiger charge is -2.25. The summed E-state index contributed by atoms with van der Waals surface area (Å²) < 4.78 is 10.6. The second-order valence-electron chi connectivity index (χ2n) is 5.39. The quantitative estimate of drug-likeness (QED) is 0.747. The first-order valence-corrected chi connectivity index (χ1v) is 7.39. The minimum Gasteiger partial charge on any atom is -0.467 e. The summed E-state index contributed by atoms with van der Waals surface area (Å²) in [5.41, 5.74) is 5.84. The van der Waals surface area contributed by atoms with E-state index in [1.165, 1.54) is 0 Å². The molecule has 20 heavy (non-hydrogen) atoms. The molecular formula is C15H24N2O3. The molecule has 3 N–H and O–H groups in total. The maximum Gasteiger partial charge on any atom is 0.223 e. The summed E-state index contributed by atoms with van der Waals surface area (Å²) in [6, 6.07) is 4.01. The number of carbonyl (C=O) groups is 1. The third-order valence-corrected chi connectivity index (χ3v) is 3.73. The zero-order chi connectivity index (χ0) is 14.2. The van der Waals surface area contributed by atoms with E-state index < -0.39 is 0 Å². The number of nitrogens with two attached hydrogens (primary N) is 1. The van der Waals surface area contributed by atoms with Gasteiger partial charge in [0.05, 0.1) is 6.26 Å². The van der Waals surface area contributed by atoms with E-state index in [1.54, 1.807) is 6.26 Å². The summed E-state index contributed by atoms with van der Waals surface area (Å²) in [5.74, 6) is 1.15. The number of nitrogens with one attached hydrogen (secondary N) is 1. The normalized spacial score (nSPS) is 22.6. The Hall–Kier alpha value is -1.33. The fourth-order valence-electron chi connectivity index (χ4n) is 2.48. The Morgan fingerprint density at radius 2 is 2.20 bits per heavy atom. The largest absolute Gasteiger partial charge is 0.467 e. The fourth-order valence-corrected chi connectivity index (χ4v) is 2.48. The second-order valence-corrected chi connectivity index (χ2v) is 5.39. The van der Waals surface area contributed by atoms with Gasteiger partial charge in [-0.2, -0.15) is 0 Å². The van der Waals surface area contributed by atoms with Gasteiger partial charge in [0, 0.05) is 25.1 Å². The molecule has 1 aromatic rings. The van der Waals surface area contributed by atoms with Crippen molar-refractivity contribution in [1.82, 2.24) is 5.32 Å². The van der Waals surface area contributed by atoms with Crippen LogP contribution in [0.4, 0.5) is 0 Å². The third-order valence-electron chi connectivity index (χ3n) is 3.73. The highest BCUT2D eigenvalue weighted by Crippen LogP contribution is 2.23. The van der Waals surface area contributed by atoms with E-state index in [9.17, 15) is 4.79 Å². The van der Waals surface area contributed by atoms with E-state index in [-0.39, 0.29) is 17.9 Å². The Labute approximate surface area is 119 Å². The average Bonchev–Trinajstić information content (AvgIpc) is 2.96. The van der Waals surface area contributed by atoms with E-state index in [1.807, 2.05) is 12.1 Å². The number of carbonyl (C=O) groups excluding carboxylic acids is 1. The molecule has 1 aromatic heterocycles. The maximum atomic E-state index is 11.9. The lowest BCUT2D eigenvalue weighted by atomic mass is 9.86. The number of ether oxygens (including phenoxy) is 1. The van der Waals surface area contributed by atoms with E-state index in [0.717, 1.165) is 37.9 Å². The van der Waals surface area contributed by atoms with Crippen molar-refractivity contribution in [2.24, 2.45) is 11.7 Å². The molecule has 0 saturated heterocycles. The first kappa shape index (κ1) is 15.1. The molecule has 0 radical (unpaired) electrons. The summed E-state index contributed by atoms with van der Waals surface area (Å²) in [6.45, 7) is 1.78. The van der Waals surface area contributed by atoms with Crippen molar-refractivity contribution >= 4 is 5.91 Å². The average molecular weight is 280 g/mol. The highest BCUT2D eigenvalue weighted by molar-refractivity contribution is 5.78. The number of amides is 1. The smallest absolute Gasteiger partial charge is 0.223 e. The van der Waals surface area contributed by atoms with Gasteiger partial charge < -0.3 is 20.2 Å². The van der Waals surface area contributed by atoms with Crippen LogP contribution >= 0.6 is 0 Å². The van der Waals surface area contributed by atoms with E-state index in [2.05, 4.69) is 5.32 Å². The predicted molar refractivity (Wildman–Crippen MR) is 75.9 cm³/mol. The molecule has 1 aliphatic carbocycles. The Morgan fingerprint density at radius 1 is 1.40 bits per heavy atom. The molecule has 1 saturated carbocycles. The van der Waals surface area contributed by atoms with Gasteiger partial charge in [-0.15, -0.1) is 0 Å². The van der Waals surface area contributed by atoms with E-state index in [0.29, 0.717) is 19.8 Å². The molecule has 1 aliphatic rings. The van der Waals surface area contributed by atoms with Crippen molar-refractivity contribution in [3.05, 3.63) is 24.2 Å². The second kappa shape index (κ2) is 8.07. The molecule has 112 valence electrons. The molecule has 0 spiro atoms. The molecule has 0 aliphatic heterocycles. The van der Waals surface area contributed by atoms with Crippen molar-refractivity contribution in [2.75, 3.05) is 13.2 Å². The Kier molecular flexibility index (Phi) is 6.08. The molecule has 1 fully saturated rings. The van der Waals surface area contributed by atoms with Gasteiger partial charge in [-0.1, -0.05) is 0 Å². The van der Waals surface area contributed by atoms with Gasteiger partial charge in [0.2, 0.25) is 5.91 Å². The predicted octanol–water partition coefficient (Wildman–Crippen LogP) is 1.82. The lowest BCUT2D eigenvalue weighted by Crippen LogP contribution is -2.36. The number of hydrogen-bond acceptors (Lipinski definition) is 4. The van der Waals surface area contributed by atoms with Crippen LogP contribution < -0.4 is 11.1 Å².